The molecule has 1 aliphatic carbocycles. The van der Waals surface area contributed by atoms with Crippen molar-refractivity contribution in [1.29, 1.82) is 5.26 Å². The van der Waals surface area contributed by atoms with Crippen molar-refractivity contribution in [3.63, 3.8) is 0 Å². The Hall–Kier alpha value is -1.63. The third-order valence-electron chi connectivity index (χ3n) is 3.30. The number of benzene rings is 1. The molecule has 0 aromatic heterocycles. The molecule has 0 atom stereocenters. The maximum Gasteiger partial charge on any atom is 0.183 e. The molecule has 0 saturated heterocycles. The van der Waals surface area contributed by atoms with Crippen LogP contribution in [0.3, 0.4) is 0 Å². The zero-order chi connectivity index (χ0) is 12.3. The van der Waals surface area contributed by atoms with Gasteiger partial charge in [-0.2, -0.15) is 5.26 Å². The van der Waals surface area contributed by atoms with E-state index in [0.29, 0.717) is 6.54 Å². The second-order valence-electron chi connectivity index (χ2n) is 4.41. The van der Waals surface area contributed by atoms with Crippen molar-refractivity contribution in [3.05, 3.63) is 29.3 Å². The van der Waals surface area contributed by atoms with Crippen LogP contribution in [0.4, 0.5) is 14.5 Å². The number of anilines is 1. The number of halogens is 2. The Labute approximate surface area is 99.3 Å². The van der Waals surface area contributed by atoms with Crippen LogP contribution in [0, 0.1) is 28.9 Å². The van der Waals surface area contributed by atoms with Gasteiger partial charge in [-0.05, 0) is 24.5 Å². The predicted octanol–water partition coefficient (Wildman–Crippen LogP) is 3.44. The van der Waals surface area contributed by atoms with Gasteiger partial charge >= 0.3 is 0 Å². The van der Waals surface area contributed by atoms with Crippen LogP contribution in [0.1, 0.15) is 31.2 Å². The molecule has 1 aliphatic rings. The number of rotatable bonds is 4. The van der Waals surface area contributed by atoms with E-state index in [1.54, 1.807) is 6.07 Å². The number of nitriles is 1. The summed E-state index contributed by atoms with van der Waals surface area (Å²) in [5.41, 5.74) is -0.118. The Bertz CT molecular complexity index is 447. The Morgan fingerprint density at radius 2 is 2.06 bits per heavy atom. The molecule has 1 saturated carbocycles. The maximum atomic E-state index is 13.5. The summed E-state index contributed by atoms with van der Waals surface area (Å²) in [4.78, 5) is 0. The average Bonchev–Trinajstić information content (AvgIpc) is 2.27. The van der Waals surface area contributed by atoms with E-state index in [4.69, 9.17) is 5.26 Å². The largest absolute Gasteiger partial charge is 0.383 e. The van der Waals surface area contributed by atoms with Crippen LogP contribution in [-0.4, -0.2) is 6.54 Å². The number of hydrogen-bond donors (Lipinski definition) is 1. The van der Waals surface area contributed by atoms with Gasteiger partial charge < -0.3 is 5.32 Å². The van der Waals surface area contributed by atoms with Crippen molar-refractivity contribution in [2.75, 3.05) is 11.9 Å². The van der Waals surface area contributed by atoms with Crippen LogP contribution in [0.2, 0.25) is 0 Å². The number of hydrogen-bond acceptors (Lipinski definition) is 2. The molecule has 1 fully saturated rings. The lowest BCUT2D eigenvalue weighted by molar-refractivity contribution is 0.303. The van der Waals surface area contributed by atoms with Gasteiger partial charge in [-0.3, -0.25) is 0 Å². The Kier molecular flexibility index (Phi) is 3.58. The van der Waals surface area contributed by atoms with E-state index in [2.05, 4.69) is 5.32 Å². The fourth-order valence-corrected chi connectivity index (χ4v) is 1.96. The van der Waals surface area contributed by atoms with Gasteiger partial charge in [0, 0.05) is 6.54 Å². The van der Waals surface area contributed by atoms with Crippen LogP contribution in [-0.2, 0) is 0 Å². The summed E-state index contributed by atoms with van der Waals surface area (Å²) in [5, 5.41) is 11.4. The summed E-state index contributed by atoms with van der Waals surface area (Å²) >= 11 is 0. The van der Waals surface area contributed by atoms with Gasteiger partial charge in [0.15, 0.2) is 11.6 Å². The number of nitrogens with zero attached hydrogens (tertiary/aromatic N) is 1. The number of nitrogens with one attached hydrogen (secondary N) is 1. The fourth-order valence-electron chi connectivity index (χ4n) is 1.96. The van der Waals surface area contributed by atoms with Crippen molar-refractivity contribution in [3.8, 4) is 6.07 Å². The first-order valence-electron chi connectivity index (χ1n) is 5.84. The Balaban J connectivity index is 1.96. The molecule has 0 amide bonds. The van der Waals surface area contributed by atoms with Gasteiger partial charge in [-0.1, -0.05) is 19.3 Å². The van der Waals surface area contributed by atoms with Crippen molar-refractivity contribution in [2.45, 2.75) is 25.7 Å². The van der Waals surface area contributed by atoms with E-state index in [1.165, 1.54) is 31.4 Å². The lowest BCUT2D eigenvalue weighted by atomic mass is 9.83. The third kappa shape index (κ3) is 2.55. The SMILES string of the molecule is N#Cc1ccc(NCCC2CCC2)c(F)c1F. The highest BCUT2D eigenvalue weighted by Crippen LogP contribution is 2.29. The Morgan fingerprint density at radius 1 is 1.29 bits per heavy atom. The molecule has 17 heavy (non-hydrogen) atoms. The predicted molar refractivity (Wildman–Crippen MR) is 61.5 cm³/mol. The first kappa shape index (κ1) is 11.8. The minimum absolute atomic E-state index is 0.140. The smallest absolute Gasteiger partial charge is 0.183 e. The molecule has 0 unspecified atom stereocenters. The molecule has 0 bridgehead atoms. The van der Waals surface area contributed by atoms with Crippen molar-refractivity contribution < 1.29 is 8.78 Å². The minimum atomic E-state index is -1.07. The van der Waals surface area contributed by atoms with Crippen LogP contribution >= 0.6 is 0 Å². The highest BCUT2D eigenvalue weighted by Gasteiger charge is 2.17. The summed E-state index contributed by atoms with van der Waals surface area (Å²) in [7, 11) is 0. The quantitative estimate of drug-likeness (QED) is 0.869. The molecule has 4 heteroatoms. The van der Waals surface area contributed by atoms with E-state index in [-0.39, 0.29) is 11.3 Å². The minimum Gasteiger partial charge on any atom is -0.383 e. The average molecular weight is 236 g/mol. The van der Waals surface area contributed by atoms with Crippen LogP contribution in [0.15, 0.2) is 12.1 Å². The van der Waals surface area contributed by atoms with E-state index < -0.39 is 11.6 Å². The second kappa shape index (κ2) is 5.13. The Morgan fingerprint density at radius 3 is 2.65 bits per heavy atom. The van der Waals surface area contributed by atoms with Gasteiger partial charge in [-0.25, -0.2) is 8.78 Å². The molecular weight excluding hydrogens is 222 g/mol. The van der Waals surface area contributed by atoms with E-state index >= 15 is 0 Å². The topological polar surface area (TPSA) is 35.8 Å². The normalized spacial score (nSPS) is 15.1. The summed E-state index contributed by atoms with van der Waals surface area (Å²) in [5.74, 6) is -1.30. The molecule has 0 heterocycles. The summed E-state index contributed by atoms with van der Waals surface area (Å²) in [6, 6.07) is 4.32. The van der Waals surface area contributed by atoms with Gasteiger partial charge in [0.2, 0.25) is 0 Å². The van der Waals surface area contributed by atoms with Crippen molar-refractivity contribution in [2.24, 2.45) is 5.92 Å². The van der Waals surface area contributed by atoms with Crippen molar-refractivity contribution in [1.82, 2.24) is 0 Å². The molecule has 1 aromatic carbocycles. The zero-order valence-corrected chi connectivity index (χ0v) is 9.47. The molecule has 0 aliphatic heterocycles. The third-order valence-corrected chi connectivity index (χ3v) is 3.30. The van der Waals surface area contributed by atoms with Gasteiger partial charge in [0.25, 0.3) is 0 Å². The lowest BCUT2D eigenvalue weighted by Crippen LogP contribution is -2.16. The zero-order valence-electron chi connectivity index (χ0n) is 9.47. The lowest BCUT2D eigenvalue weighted by Gasteiger charge is -2.25. The molecule has 0 spiro atoms. The van der Waals surface area contributed by atoms with Gasteiger partial charge in [0.05, 0.1) is 11.3 Å². The summed E-state index contributed by atoms with van der Waals surface area (Å²) in [6.07, 6.45) is 4.75. The highest BCUT2D eigenvalue weighted by atomic mass is 19.2. The van der Waals surface area contributed by atoms with E-state index in [9.17, 15) is 8.78 Å². The molecule has 90 valence electrons. The molecule has 1 aromatic rings. The first-order chi connectivity index (χ1) is 8.22. The summed E-state index contributed by atoms with van der Waals surface area (Å²) in [6.45, 7) is 0.646. The molecular formula is C13H14F2N2. The first-order valence-corrected chi connectivity index (χ1v) is 5.84. The molecule has 1 N–H and O–H groups in total. The standard InChI is InChI=1S/C13H14F2N2/c14-12-10(8-16)4-5-11(13(12)15)17-7-6-9-2-1-3-9/h4-5,9,17H,1-3,6-7H2. The van der Waals surface area contributed by atoms with E-state index in [1.807, 2.05) is 0 Å². The molecule has 0 radical (unpaired) electrons. The fraction of sp³-hybridized carbons (Fsp3) is 0.462. The van der Waals surface area contributed by atoms with Crippen molar-refractivity contribution >= 4 is 5.69 Å². The highest BCUT2D eigenvalue weighted by molar-refractivity contribution is 5.49. The monoisotopic (exact) mass is 236 g/mol. The van der Waals surface area contributed by atoms with Crippen LogP contribution in [0.25, 0.3) is 0 Å². The molecule has 2 rings (SSSR count). The van der Waals surface area contributed by atoms with Crippen LogP contribution in [0.5, 0.6) is 0 Å². The van der Waals surface area contributed by atoms with Gasteiger partial charge in [0.1, 0.15) is 6.07 Å². The second-order valence-corrected chi connectivity index (χ2v) is 4.41. The molecule has 2 nitrogen and oxygen atoms in total. The van der Waals surface area contributed by atoms with E-state index in [0.717, 1.165) is 12.3 Å². The van der Waals surface area contributed by atoms with Crippen LogP contribution < -0.4 is 5.32 Å². The summed E-state index contributed by atoms with van der Waals surface area (Å²) < 4.78 is 26.8. The maximum absolute atomic E-state index is 13.5. The van der Waals surface area contributed by atoms with Gasteiger partial charge in [-0.15, -0.1) is 0 Å².